The van der Waals surface area contributed by atoms with Crippen molar-refractivity contribution in [1.29, 1.82) is 0 Å². The number of amides is 3. The molecule has 2 N–H and O–H groups in total. The molecule has 0 aliphatic heterocycles. The lowest BCUT2D eigenvalue weighted by Crippen LogP contribution is -2.48. The Bertz CT molecular complexity index is 1140. The fourth-order valence-corrected chi connectivity index (χ4v) is 4.44. The summed E-state index contributed by atoms with van der Waals surface area (Å²) in [4.78, 5) is 41.2. The van der Waals surface area contributed by atoms with Crippen LogP contribution in [-0.2, 0) is 16.1 Å². The van der Waals surface area contributed by atoms with Crippen LogP contribution in [0.1, 0.15) is 60.5 Å². The molecule has 0 unspecified atom stereocenters. The van der Waals surface area contributed by atoms with E-state index in [9.17, 15) is 14.4 Å². The average molecular weight is 494 g/mol. The molecule has 1 aliphatic carbocycles. The third kappa shape index (κ3) is 6.16. The molecule has 9 nitrogen and oxygen atoms in total. The van der Waals surface area contributed by atoms with Gasteiger partial charge in [0.15, 0.2) is 5.76 Å². The predicted molar refractivity (Wildman–Crippen MR) is 131 cm³/mol. The first-order chi connectivity index (χ1) is 17.6. The molecular formula is C27H31N3O6. The van der Waals surface area contributed by atoms with Crippen molar-refractivity contribution in [1.82, 2.24) is 15.5 Å². The van der Waals surface area contributed by atoms with Crippen molar-refractivity contribution in [2.45, 2.75) is 51.2 Å². The largest absolute Gasteiger partial charge is 0.494 e. The Morgan fingerprint density at radius 2 is 1.78 bits per heavy atom. The molecule has 2 aromatic heterocycles. The van der Waals surface area contributed by atoms with Crippen LogP contribution in [0.15, 0.2) is 69.9 Å². The number of ether oxygens (including phenoxy) is 1. The van der Waals surface area contributed by atoms with Crippen LogP contribution in [0.25, 0.3) is 0 Å². The Labute approximate surface area is 209 Å². The standard InChI is InChI=1S/C27H31N3O6/c1-2-34-22-13-6-5-12-21(22)25(27(33)29-19-9-3-4-10-19)30(18-20-11-7-15-35-20)24(31)17-28-26(32)23-14-8-16-36-23/h5-8,11-16,19,25H,2-4,9-10,17-18H2,1H3,(H,28,32)(H,29,33)/t25-/m1/s1. The molecule has 36 heavy (non-hydrogen) atoms. The summed E-state index contributed by atoms with van der Waals surface area (Å²) in [6.07, 6.45) is 6.80. The first-order valence-electron chi connectivity index (χ1n) is 12.2. The number of nitrogens with zero attached hydrogens (tertiary/aromatic N) is 1. The van der Waals surface area contributed by atoms with Gasteiger partial charge in [-0.2, -0.15) is 0 Å². The maximum absolute atomic E-state index is 13.8. The lowest BCUT2D eigenvalue weighted by molar-refractivity contribution is -0.141. The minimum Gasteiger partial charge on any atom is -0.494 e. The van der Waals surface area contributed by atoms with E-state index in [2.05, 4.69) is 10.6 Å². The zero-order valence-electron chi connectivity index (χ0n) is 20.3. The summed E-state index contributed by atoms with van der Waals surface area (Å²) < 4.78 is 16.5. The molecule has 1 aliphatic rings. The number of hydrogen-bond donors (Lipinski definition) is 2. The zero-order valence-corrected chi connectivity index (χ0v) is 20.3. The average Bonchev–Trinajstić information content (AvgIpc) is 3.67. The summed E-state index contributed by atoms with van der Waals surface area (Å²) >= 11 is 0. The molecule has 190 valence electrons. The van der Waals surface area contributed by atoms with Gasteiger partial charge in [0.1, 0.15) is 17.6 Å². The predicted octanol–water partition coefficient (Wildman–Crippen LogP) is 3.83. The van der Waals surface area contributed by atoms with Crippen molar-refractivity contribution in [3.8, 4) is 5.75 Å². The molecule has 2 heterocycles. The Morgan fingerprint density at radius 3 is 2.47 bits per heavy atom. The summed E-state index contributed by atoms with van der Waals surface area (Å²) in [5, 5.41) is 5.71. The van der Waals surface area contributed by atoms with Gasteiger partial charge in [0.2, 0.25) is 11.8 Å². The Hall–Kier alpha value is -4.01. The van der Waals surface area contributed by atoms with Crippen molar-refractivity contribution < 1.29 is 28.0 Å². The molecule has 3 amide bonds. The van der Waals surface area contributed by atoms with Crippen molar-refractivity contribution >= 4 is 17.7 Å². The molecule has 9 heteroatoms. The second-order valence-electron chi connectivity index (χ2n) is 8.62. The number of carbonyl (C=O) groups excluding carboxylic acids is 3. The van der Waals surface area contributed by atoms with E-state index in [1.807, 2.05) is 19.1 Å². The van der Waals surface area contributed by atoms with E-state index < -0.39 is 17.9 Å². The van der Waals surface area contributed by atoms with Gasteiger partial charge in [0, 0.05) is 11.6 Å². The van der Waals surface area contributed by atoms with E-state index in [1.165, 1.54) is 23.5 Å². The van der Waals surface area contributed by atoms with Gasteiger partial charge in [0.25, 0.3) is 5.91 Å². The molecule has 3 aromatic rings. The molecule has 1 aromatic carbocycles. The molecule has 0 radical (unpaired) electrons. The smallest absolute Gasteiger partial charge is 0.287 e. The van der Waals surface area contributed by atoms with E-state index in [0.29, 0.717) is 23.7 Å². The first kappa shape index (κ1) is 25.1. The molecule has 0 bridgehead atoms. The number of rotatable bonds is 11. The first-order valence-corrected chi connectivity index (χ1v) is 12.2. The summed E-state index contributed by atoms with van der Waals surface area (Å²) in [6.45, 7) is 1.97. The third-order valence-corrected chi connectivity index (χ3v) is 6.15. The minimum atomic E-state index is -0.994. The van der Waals surface area contributed by atoms with Gasteiger partial charge < -0.3 is 29.1 Å². The van der Waals surface area contributed by atoms with Crippen molar-refractivity contribution in [2.75, 3.05) is 13.2 Å². The highest BCUT2D eigenvalue weighted by Gasteiger charge is 2.35. The van der Waals surface area contributed by atoms with Crippen LogP contribution in [0.5, 0.6) is 5.75 Å². The highest BCUT2D eigenvalue weighted by atomic mass is 16.5. The number of para-hydroxylation sites is 1. The lowest BCUT2D eigenvalue weighted by Gasteiger charge is -2.32. The molecule has 4 rings (SSSR count). The summed E-state index contributed by atoms with van der Waals surface area (Å²) in [5.41, 5.74) is 0.562. The fourth-order valence-electron chi connectivity index (χ4n) is 4.44. The van der Waals surface area contributed by atoms with E-state index in [1.54, 1.807) is 30.3 Å². The van der Waals surface area contributed by atoms with Gasteiger partial charge in [-0.25, -0.2) is 0 Å². The SMILES string of the molecule is CCOc1ccccc1[C@H](C(=O)NC1CCCC1)N(Cc1ccco1)C(=O)CNC(=O)c1ccco1. The maximum Gasteiger partial charge on any atom is 0.287 e. The van der Waals surface area contributed by atoms with Crippen LogP contribution in [-0.4, -0.2) is 41.8 Å². The summed E-state index contributed by atoms with van der Waals surface area (Å²) in [7, 11) is 0. The van der Waals surface area contributed by atoms with Gasteiger partial charge >= 0.3 is 0 Å². The molecular weight excluding hydrogens is 462 g/mol. The number of furan rings is 2. The summed E-state index contributed by atoms with van der Waals surface area (Å²) in [5.74, 6) is -0.155. The van der Waals surface area contributed by atoms with Gasteiger partial charge in [-0.3, -0.25) is 14.4 Å². The molecule has 1 atom stereocenters. The van der Waals surface area contributed by atoms with Crippen LogP contribution < -0.4 is 15.4 Å². The van der Waals surface area contributed by atoms with Crippen LogP contribution >= 0.6 is 0 Å². The van der Waals surface area contributed by atoms with Crippen LogP contribution in [0.4, 0.5) is 0 Å². The maximum atomic E-state index is 13.8. The Morgan fingerprint density at radius 1 is 1.03 bits per heavy atom. The number of hydrogen-bond acceptors (Lipinski definition) is 6. The monoisotopic (exact) mass is 493 g/mol. The van der Waals surface area contributed by atoms with E-state index >= 15 is 0 Å². The number of carbonyl (C=O) groups is 3. The molecule has 0 saturated heterocycles. The van der Waals surface area contributed by atoms with Crippen molar-refractivity contribution in [2.24, 2.45) is 0 Å². The summed E-state index contributed by atoms with van der Waals surface area (Å²) in [6, 6.07) is 12.8. The van der Waals surface area contributed by atoms with Crippen molar-refractivity contribution in [3.05, 3.63) is 78.1 Å². The zero-order chi connectivity index (χ0) is 25.3. The quantitative estimate of drug-likeness (QED) is 0.420. The van der Waals surface area contributed by atoms with Crippen LogP contribution in [0.3, 0.4) is 0 Å². The highest BCUT2D eigenvalue weighted by Crippen LogP contribution is 2.32. The topological polar surface area (TPSA) is 114 Å². The Kier molecular flexibility index (Phi) is 8.44. The number of nitrogens with one attached hydrogen (secondary N) is 2. The van der Waals surface area contributed by atoms with E-state index in [0.717, 1.165) is 25.7 Å². The normalized spacial score (nSPS) is 14.2. The van der Waals surface area contributed by atoms with Gasteiger partial charge in [-0.05, 0) is 50.1 Å². The van der Waals surface area contributed by atoms with Crippen molar-refractivity contribution in [3.63, 3.8) is 0 Å². The highest BCUT2D eigenvalue weighted by molar-refractivity contribution is 5.95. The van der Waals surface area contributed by atoms with E-state index in [4.69, 9.17) is 13.6 Å². The third-order valence-electron chi connectivity index (χ3n) is 6.15. The number of benzene rings is 1. The lowest BCUT2D eigenvalue weighted by atomic mass is 10.0. The van der Waals surface area contributed by atoms with Crippen LogP contribution in [0, 0.1) is 0 Å². The van der Waals surface area contributed by atoms with E-state index in [-0.39, 0.29) is 30.8 Å². The second kappa shape index (κ2) is 12.1. The van der Waals surface area contributed by atoms with Gasteiger partial charge in [-0.1, -0.05) is 31.0 Å². The van der Waals surface area contributed by atoms with Gasteiger partial charge in [0.05, 0.1) is 32.2 Å². The molecule has 1 fully saturated rings. The second-order valence-corrected chi connectivity index (χ2v) is 8.62. The minimum absolute atomic E-state index is 0.0334. The van der Waals surface area contributed by atoms with Crippen LogP contribution in [0.2, 0.25) is 0 Å². The molecule has 1 saturated carbocycles. The van der Waals surface area contributed by atoms with Gasteiger partial charge in [-0.15, -0.1) is 0 Å². The fraction of sp³-hybridized carbons (Fsp3) is 0.370. The molecule has 0 spiro atoms. The Balaban J connectivity index is 1.66.